The van der Waals surface area contributed by atoms with E-state index >= 15 is 0 Å². The van der Waals surface area contributed by atoms with E-state index in [0.717, 1.165) is 18.5 Å². The zero-order chi connectivity index (χ0) is 11.5. The lowest BCUT2D eigenvalue weighted by molar-refractivity contribution is -0.129. The van der Waals surface area contributed by atoms with Crippen LogP contribution in [0.1, 0.15) is 17.5 Å². The van der Waals surface area contributed by atoms with Crippen LogP contribution in [0.3, 0.4) is 0 Å². The first kappa shape index (κ1) is 10.7. The lowest BCUT2D eigenvalue weighted by Crippen LogP contribution is -2.33. The van der Waals surface area contributed by atoms with Gasteiger partial charge in [0, 0.05) is 13.1 Å². The number of benzene rings is 1. The maximum Gasteiger partial charge on any atom is 0.239 e. The topological polar surface area (TPSA) is 70.1 Å². The van der Waals surface area contributed by atoms with Crippen molar-refractivity contribution in [3.05, 3.63) is 35.4 Å². The van der Waals surface area contributed by atoms with E-state index in [-0.39, 0.29) is 11.9 Å². The number of nitrogens with two attached hydrogens (primary N) is 1. The molecular weight excluding hydrogens is 202 g/mol. The van der Waals surface area contributed by atoms with Gasteiger partial charge in [-0.1, -0.05) is 12.1 Å². The summed E-state index contributed by atoms with van der Waals surface area (Å²) in [6, 6.07) is 8.99. The summed E-state index contributed by atoms with van der Waals surface area (Å²) in [6.07, 6.45) is 0.731. The van der Waals surface area contributed by atoms with Crippen molar-refractivity contribution in [2.45, 2.75) is 19.0 Å². The number of amides is 1. The van der Waals surface area contributed by atoms with Crippen molar-refractivity contribution in [1.29, 1.82) is 5.26 Å². The SMILES string of the molecule is N#Cc1ccc(CN2CCC(N)C2=O)cc1. The minimum Gasteiger partial charge on any atom is -0.337 e. The summed E-state index contributed by atoms with van der Waals surface area (Å²) in [6.45, 7) is 1.30. The Labute approximate surface area is 94.3 Å². The maximum atomic E-state index is 11.6. The quantitative estimate of drug-likeness (QED) is 0.786. The van der Waals surface area contributed by atoms with Crippen LogP contribution in [0.4, 0.5) is 0 Å². The third kappa shape index (κ3) is 2.05. The average molecular weight is 215 g/mol. The van der Waals surface area contributed by atoms with Crippen LogP contribution in [-0.4, -0.2) is 23.4 Å². The van der Waals surface area contributed by atoms with E-state index in [1.165, 1.54) is 0 Å². The first-order valence-corrected chi connectivity index (χ1v) is 5.24. The predicted octanol–water partition coefficient (Wildman–Crippen LogP) is 0.618. The van der Waals surface area contributed by atoms with E-state index in [9.17, 15) is 4.79 Å². The molecule has 4 nitrogen and oxygen atoms in total. The second-order valence-corrected chi connectivity index (χ2v) is 3.96. The van der Waals surface area contributed by atoms with Crippen LogP contribution in [0.5, 0.6) is 0 Å². The summed E-state index contributed by atoms with van der Waals surface area (Å²) in [7, 11) is 0. The van der Waals surface area contributed by atoms with Crippen molar-refractivity contribution in [2.24, 2.45) is 5.73 Å². The third-order valence-corrected chi connectivity index (χ3v) is 2.80. The van der Waals surface area contributed by atoms with E-state index in [1.54, 1.807) is 17.0 Å². The summed E-state index contributed by atoms with van der Waals surface area (Å²) in [5.74, 6) is 0.0179. The summed E-state index contributed by atoms with van der Waals surface area (Å²) in [5.41, 5.74) is 7.30. The van der Waals surface area contributed by atoms with E-state index in [4.69, 9.17) is 11.0 Å². The number of nitriles is 1. The number of likely N-dealkylation sites (tertiary alicyclic amines) is 1. The van der Waals surface area contributed by atoms with E-state index < -0.39 is 0 Å². The second-order valence-electron chi connectivity index (χ2n) is 3.96. The molecule has 1 aliphatic rings. The molecule has 1 atom stereocenters. The van der Waals surface area contributed by atoms with Crippen molar-refractivity contribution in [1.82, 2.24) is 4.90 Å². The highest BCUT2D eigenvalue weighted by Crippen LogP contribution is 2.14. The van der Waals surface area contributed by atoms with E-state index in [2.05, 4.69) is 6.07 Å². The lowest BCUT2D eigenvalue weighted by atomic mass is 10.1. The van der Waals surface area contributed by atoms with Gasteiger partial charge >= 0.3 is 0 Å². The molecular formula is C12H13N3O. The molecule has 1 aliphatic heterocycles. The van der Waals surface area contributed by atoms with Gasteiger partial charge in [0.05, 0.1) is 17.7 Å². The zero-order valence-electron chi connectivity index (χ0n) is 8.89. The number of hydrogen-bond acceptors (Lipinski definition) is 3. The van der Waals surface area contributed by atoms with Crippen molar-refractivity contribution in [2.75, 3.05) is 6.54 Å². The fourth-order valence-corrected chi connectivity index (χ4v) is 1.83. The van der Waals surface area contributed by atoms with Crippen LogP contribution in [0.25, 0.3) is 0 Å². The highest BCUT2D eigenvalue weighted by atomic mass is 16.2. The summed E-state index contributed by atoms with van der Waals surface area (Å²) in [4.78, 5) is 13.3. The molecule has 1 heterocycles. The minimum atomic E-state index is -0.335. The normalized spacial score (nSPS) is 19.9. The lowest BCUT2D eigenvalue weighted by Gasteiger charge is -2.15. The Bertz CT molecular complexity index is 433. The maximum absolute atomic E-state index is 11.6. The first-order valence-electron chi connectivity index (χ1n) is 5.24. The van der Waals surface area contributed by atoms with Gasteiger partial charge in [-0.3, -0.25) is 4.79 Å². The highest BCUT2D eigenvalue weighted by Gasteiger charge is 2.27. The predicted molar refractivity (Wildman–Crippen MR) is 59.2 cm³/mol. The molecule has 0 aromatic heterocycles. The Kier molecular flexibility index (Phi) is 2.88. The Hall–Kier alpha value is -1.86. The molecule has 0 radical (unpaired) electrons. The van der Waals surface area contributed by atoms with Gasteiger partial charge in [-0.15, -0.1) is 0 Å². The minimum absolute atomic E-state index is 0.0179. The zero-order valence-corrected chi connectivity index (χ0v) is 8.89. The Morgan fingerprint density at radius 2 is 2.12 bits per heavy atom. The number of rotatable bonds is 2. The van der Waals surface area contributed by atoms with Gasteiger partial charge in [0.2, 0.25) is 5.91 Å². The molecule has 82 valence electrons. The third-order valence-electron chi connectivity index (χ3n) is 2.80. The molecule has 1 fully saturated rings. The standard InChI is InChI=1S/C12H13N3O/c13-7-9-1-3-10(4-2-9)8-15-6-5-11(14)12(15)16/h1-4,11H,5-6,8,14H2. The largest absolute Gasteiger partial charge is 0.337 e. The highest BCUT2D eigenvalue weighted by molar-refractivity contribution is 5.83. The fraction of sp³-hybridized carbons (Fsp3) is 0.333. The number of carbonyl (C=O) groups excluding carboxylic acids is 1. The van der Waals surface area contributed by atoms with Crippen LogP contribution in [0, 0.1) is 11.3 Å². The molecule has 1 saturated heterocycles. The number of carbonyl (C=O) groups is 1. The number of nitrogens with zero attached hydrogens (tertiary/aromatic N) is 2. The molecule has 0 saturated carbocycles. The molecule has 16 heavy (non-hydrogen) atoms. The Morgan fingerprint density at radius 3 is 2.62 bits per heavy atom. The molecule has 1 amide bonds. The summed E-state index contributed by atoms with van der Waals surface area (Å²) in [5, 5.41) is 8.66. The molecule has 4 heteroatoms. The molecule has 2 N–H and O–H groups in total. The molecule has 0 spiro atoms. The molecule has 2 rings (SSSR count). The van der Waals surface area contributed by atoms with Crippen molar-refractivity contribution < 1.29 is 4.79 Å². The number of hydrogen-bond donors (Lipinski definition) is 1. The van der Waals surface area contributed by atoms with Gasteiger partial charge in [0.15, 0.2) is 0 Å². The fourth-order valence-electron chi connectivity index (χ4n) is 1.83. The first-order chi connectivity index (χ1) is 7.70. The summed E-state index contributed by atoms with van der Waals surface area (Å²) < 4.78 is 0. The summed E-state index contributed by atoms with van der Waals surface area (Å²) >= 11 is 0. The van der Waals surface area contributed by atoms with Gasteiger partial charge in [-0.2, -0.15) is 5.26 Å². The second kappa shape index (κ2) is 4.33. The van der Waals surface area contributed by atoms with Gasteiger partial charge in [-0.25, -0.2) is 0 Å². The van der Waals surface area contributed by atoms with Gasteiger partial charge in [0.1, 0.15) is 0 Å². The smallest absolute Gasteiger partial charge is 0.239 e. The van der Waals surface area contributed by atoms with Crippen LogP contribution in [0.2, 0.25) is 0 Å². The van der Waals surface area contributed by atoms with Gasteiger partial charge < -0.3 is 10.6 Å². The Balaban J connectivity index is 2.05. The molecule has 1 unspecified atom stereocenters. The van der Waals surface area contributed by atoms with Crippen LogP contribution in [0.15, 0.2) is 24.3 Å². The molecule has 0 aliphatic carbocycles. The van der Waals surface area contributed by atoms with E-state index in [0.29, 0.717) is 12.1 Å². The molecule has 1 aromatic rings. The average Bonchev–Trinajstić information content (AvgIpc) is 2.62. The van der Waals surface area contributed by atoms with Crippen LogP contribution < -0.4 is 5.73 Å². The van der Waals surface area contributed by atoms with Crippen LogP contribution >= 0.6 is 0 Å². The van der Waals surface area contributed by atoms with Gasteiger partial charge in [0.25, 0.3) is 0 Å². The van der Waals surface area contributed by atoms with Crippen LogP contribution in [-0.2, 0) is 11.3 Å². The molecule has 1 aromatic carbocycles. The van der Waals surface area contributed by atoms with Crippen molar-refractivity contribution >= 4 is 5.91 Å². The van der Waals surface area contributed by atoms with E-state index in [1.807, 2.05) is 12.1 Å². The van der Waals surface area contributed by atoms with Crippen molar-refractivity contribution in [3.8, 4) is 6.07 Å². The Morgan fingerprint density at radius 1 is 1.44 bits per heavy atom. The monoisotopic (exact) mass is 215 g/mol. The van der Waals surface area contributed by atoms with Gasteiger partial charge in [-0.05, 0) is 24.1 Å². The molecule has 0 bridgehead atoms. The van der Waals surface area contributed by atoms with Crippen molar-refractivity contribution in [3.63, 3.8) is 0 Å².